The van der Waals surface area contributed by atoms with Crippen molar-refractivity contribution in [1.82, 2.24) is 15.0 Å². The average Bonchev–Trinajstić information content (AvgIpc) is 3.72. The van der Waals surface area contributed by atoms with E-state index >= 15 is 0 Å². The third-order valence-corrected chi connectivity index (χ3v) is 9.37. The Morgan fingerprint density at radius 2 is 2.02 bits per heavy atom. The topological polar surface area (TPSA) is 124 Å². The number of carbonyl (C=O) groups excluding carboxylic acids is 1. The number of benzene rings is 1. The number of nitrogens with one attached hydrogen (secondary N) is 1. The molecule has 2 saturated heterocycles. The fourth-order valence-electron chi connectivity index (χ4n) is 4.90. The molecule has 2 bridgehead atoms. The van der Waals surface area contributed by atoms with Crippen LogP contribution in [0, 0.1) is 0 Å². The van der Waals surface area contributed by atoms with Gasteiger partial charge in [-0.15, -0.1) is 0 Å². The molecule has 0 radical (unpaired) electrons. The van der Waals surface area contributed by atoms with Crippen molar-refractivity contribution in [3.63, 3.8) is 0 Å². The first-order valence-corrected chi connectivity index (χ1v) is 15.4. The van der Waals surface area contributed by atoms with E-state index in [2.05, 4.69) is 20.2 Å². The number of halogens is 4. The fraction of sp³-hybridized carbons (Fsp3) is 0.385. The number of amides is 2. The summed E-state index contributed by atoms with van der Waals surface area (Å²) in [6, 6.07) is 6.54. The number of aromatic nitrogens is 3. The molecule has 14 heteroatoms. The van der Waals surface area contributed by atoms with Gasteiger partial charge in [-0.1, -0.05) is 0 Å². The molecule has 2 aromatic heterocycles. The second-order valence-corrected chi connectivity index (χ2v) is 13.0. The summed E-state index contributed by atoms with van der Waals surface area (Å²) in [7, 11) is 0. The predicted octanol–water partition coefficient (Wildman–Crippen LogP) is 0.0639. The van der Waals surface area contributed by atoms with Gasteiger partial charge in [-0.05, 0) is 0 Å². The molecular weight excluding hydrogens is 644 g/mol. The van der Waals surface area contributed by atoms with Crippen LogP contribution >= 0.6 is 0 Å². The summed E-state index contributed by atoms with van der Waals surface area (Å²) < 4.78 is 47.2. The first-order chi connectivity index (χ1) is 19.2. The third kappa shape index (κ3) is 5.39. The van der Waals surface area contributed by atoms with Crippen LogP contribution in [-0.4, -0.2) is 74.1 Å². The van der Waals surface area contributed by atoms with E-state index in [1.165, 1.54) is 18.5 Å². The number of anilines is 3. The van der Waals surface area contributed by atoms with Crippen LogP contribution in [0.25, 0.3) is 11.3 Å². The number of hydrogen-bond acceptors (Lipinski definition) is 8. The van der Waals surface area contributed by atoms with Crippen LogP contribution in [0.2, 0.25) is 0 Å². The molecule has 5 heterocycles. The van der Waals surface area contributed by atoms with Crippen molar-refractivity contribution in [1.29, 1.82) is 0 Å². The summed E-state index contributed by atoms with van der Waals surface area (Å²) in [5, 5.41) is 21.0. The molecule has 0 spiro atoms. The summed E-state index contributed by atoms with van der Waals surface area (Å²) in [5.41, 5.74) is 1.87. The first-order valence-electron chi connectivity index (χ1n) is 12.6. The number of urea groups is 1. The molecule has 1 aromatic carbocycles. The Morgan fingerprint density at radius 1 is 1.25 bits per heavy atom. The molecule has 3 atom stereocenters. The monoisotopic (exact) mass is 669 g/mol. The van der Waals surface area contributed by atoms with E-state index < -0.39 is 30.5 Å². The van der Waals surface area contributed by atoms with Crippen LogP contribution in [0.4, 0.5) is 35.4 Å². The summed E-state index contributed by atoms with van der Waals surface area (Å²) in [5.74, 6) is 0.682. The van der Waals surface area contributed by atoms with E-state index in [1.807, 2.05) is 6.07 Å². The second-order valence-electron chi connectivity index (χ2n) is 9.70. The van der Waals surface area contributed by atoms with Crippen LogP contribution in [0.5, 0.6) is 5.75 Å². The summed E-state index contributed by atoms with van der Waals surface area (Å²) in [4.78, 5) is 30.4. The normalized spacial score (nSPS) is 20.4. The van der Waals surface area contributed by atoms with Gasteiger partial charge in [0.05, 0.1) is 6.61 Å². The molecule has 3 aromatic rings. The molecule has 10 nitrogen and oxygen atoms in total. The van der Waals surface area contributed by atoms with Crippen molar-refractivity contribution in [3.05, 3.63) is 53.9 Å². The van der Waals surface area contributed by atoms with Crippen molar-refractivity contribution in [3.8, 4) is 17.0 Å². The van der Waals surface area contributed by atoms with E-state index in [0.717, 1.165) is 40.8 Å². The van der Waals surface area contributed by atoms with Crippen LogP contribution in [0.1, 0.15) is 21.5 Å². The number of aliphatic hydroxyl groups excluding tert-OH is 2. The summed E-state index contributed by atoms with van der Waals surface area (Å²) in [6.07, 6.45) is -2.13. The maximum absolute atomic E-state index is 13.6. The van der Waals surface area contributed by atoms with Gasteiger partial charge in [-0.25, -0.2) is 0 Å². The van der Waals surface area contributed by atoms with Gasteiger partial charge in [0.2, 0.25) is 0 Å². The molecule has 2 amide bonds. The standard InChI is InChI=1S/C26H25F3IN6O4/c27-26(28,29)15-3-1-2-14(6-15)22-19(20-8-30-20)7-21-23(33-22)36(16-4-5-35(21)11-16)25(39)34-24-31-9-18(10-32-24)40-13-17(38)12-37/h1-3,6-7,9-10,16-17,20,37-38H,4-5,8,11-13H2,(H,31,32,34,39)/q-1/t16-,17-,20?/m0/s1. The zero-order valence-corrected chi connectivity index (χ0v) is 23.1. The quantitative estimate of drug-likeness (QED) is 0.239. The zero-order valence-electron chi connectivity index (χ0n) is 21.0. The number of fused-ring (bicyclic) bond motifs is 4. The zero-order chi connectivity index (χ0) is 28.0. The SMILES string of the molecule is O=C(Nc1ncc(OC[C@@H](O)CO)cn1)N1c2nc(-c3cccc(C(F)(F)F)c3)c(C3C[I-]3)cc2N2CC[C@H]1C2. The molecule has 40 heavy (non-hydrogen) atoms. The van der Waals surface area contributed by atoms with Gasteiger partial charge in [-0.2, -0.15) is 0 Å². The van der Waals surface area contributed by atoms with Crippen molar-refractivity contribution < 1.29 is 54.1 Å². The molecule has 212 valence electrons. The van der Waals surface area contributed by atoms with Gasteiger partial charge in [0.15, 0.2) is 0 Å². The molecule has 0 aliphatic carbocycles. The Morgan fingerprint density at radius 3 is 2.73 bits per heavy atom. The van der Waals surface area contributed by atoms with Gasteiger partial charge in [-0.3, -0.25) is 0 Å². The van der Waals surface area contributed by atoms with E-state index in [9.17, 15) is 23.1 Å². The number of carbonyl (C=O) groups is 1. The summed E-state index contributed by atoms with van der Waals surface area (Å²) >= 11 is -0.0630. The Hall–Kier alpha value is -3.24. The molecule has 1 unspecified atom stereocenters. The van der Waals surface area contributed by atoms with Gasteiger partial charge >= 0.3 is 204 Å². The van der Waals surface area contributed by atoms with E-state index in [0.29, 0.717) is 27.5 Å². The minimum atomic E-state index is -4.48. The number of rotatable bonds is 7. The molecule has 0 saturated carbocycles. The van der Waals surface area contributed by atoms with Gasteiger partial charge < -0.3 is 14.9 Å². The number of nitrogens with zero attached hydrogens (tertiary/aromatic N) is 5. The number of alkyl halides is 5. The molecule has 2 fully saturated rings. The Balaban J connectivity index is 1.32. The number of hydrogen-bond donors (Lipinski definition) is 3. The van der Waals surface area contributed by atoms with Gasteiger partial charge in [0.1, 0.15) is 12.7 Å². The van der Waals surface area contributed by atoms with Crippen molar-refractivity contribution in [2.24, 2.45) is 0 Å². The van der Waals surface area contributed by atoms with Crippen LogP contribution in [0.15, 0.2) is 42.7 Å². The molecule has 6 rings (SSSR count). The van der Waals surface area contributed by atoms with Crippen LogP contribution in [-0.2, 0) is 6.18 Å². The molecule has 3 aliphatic heterocycles. The second kappa shape index (κ2) is 10.6. The molecule has 3 aliphatic rings. The minimum absolute atomic E-state index is 0.0273. The number of aliphatic hydroxyl groups is 2. The fourth-order valence-corrected chi connectivity index (χ4v) is 6.58. The first kappa shape index (κ1) is 27.0. The average molecular weight is 669 g/mol. The summed E-state index contributed by atoms with van der Waals surface area (Å²) in [6.45, 7) is 0.787. The van der Waals surface area contributed by atoms with Gasteiger partial charge in [0, 0.05) is 0 Å². The third-order valence-electron chi connectivity index (χ3n) is 6.94. The van der Waals surface area contributed by atoms with Crippen LogP contribution in [0.3, 0.4) is 0 Å². The van der Waals surface area contributed by atoms with E-state index in [-0.39, 0.29) is 45.6 Å². The number of ether oxygens (including phenoxy) is 1. The van der Waals surface area contributed by atoms with Gasteiger partial charge in [0.25, 0.3) is 0 Å². The Bertz CT molecular complexity index is 1420. The Kier molecular flexibility index (Phi) is 7.16. The predicted molar refractivity (Wildman–Crippen MR) is 135 cm³/mol. The Labute approximate surface area is 237 Å². The molecular formula is C26H25F3IN6O4-. The van der Waals surface area contributed by atoms with Crippen LogP contribution < -0.4 is 41.1 Å². The van der Waals surface area contributed by atoms with E-state index in [4.69, 9.17) is 14.8 Å². The van der Waals surface area contributed by atoms with Crippen molar-refractivity contribution in [2.45, 2.75) is 28.7 Å². The molecule has 3 N–H and O–H groups in total. The van der Waals surface area contributed by atoms with E-state index in [1.54, 1.807) is 11.0 Å². The van der Waals surface area contributed by atoms with Crippen molar-refractivity contribution in [2.75, 3.05) is 45.8 Å². The number of pyridine rings is 1. The van der Waals surface area contributed by atoms with Crippen molar-refractivity contribution >= 4 is 23.5 Å². The maximum atomic E-state index is 13.6.